The van der Waals surface area contributed by atoms with E-state index in [4.69, 9.17) is 57.3 Å². The molecule has 1 unspecified atom stereocenters. The molecular formula is C35H46Cl2FN8O16PS2. The van der Waals surface area contributed by atoms with Crippen LogP contribution in [0.15, 0.2) is 34.6 Å². The Labute approximate surface area is 384 Å². The largest absolute Gasteiger partial charge is 0.778 e. The third-order valence-electron chi connectivity index (χ3n) is 7.62. The van der Waals surface area contributed by atoms with E-state index in [1.54, 1.807) is 18.6 Å². The number of carbonyl (C=O) groups excluding carboxylic acids is 3. The number of amides is 4. The van der Waals surface area contributed by atoms with Crippen LogP contribution in [0.5, 0.6) is 17.5 Å². The van der Waals surface area contributed by atoms with Crippen molar-refractivity contribution in [3.05, 3.63) is 51.1 Å². The third kappa shape index (κ3) is 17.6. The van der Waals surface area contributed by atoms with Crippen LogP contribution in [0.3, 0.4) is 0 Å². The number of ether oxygens (including phenoxy) is 4. The molecular weight excluding hydrogens is 973 g/mol. The van der Waals surface area contributed by atoms with Crippen LogP contribution < -0.4 is 39.4 Å². The molecule has 3 heterocycles. The van der Waals surface area contributed by atoms with Gasteiger partial charge in [0.1, 0.15) is 24.7 Å². The van der Waals surface area contributed by atoms with Crippen molar-refractivity contribution in [2.24, 2.45) is 7.05 Å². The number of nitrogens with one attached hydrogen (secondary N) is 3. The van der Waals surface area contributed by atoms with Crippen molar-refractivity contribution >= 4 is 93.3 Å². The van der Waals surface area contributed by atoms with Gasteiger partial charge in [0.2, 0.25) is 17.7 Å². The highest BCUT2D eigenvalue weighted by Crippen LogP contribution is 2.37. The fraction of sp³-hybridized carbons (Fsp3) is 0.429. The molecule has 1 aliphatic carbocycles. The molecule has 5 rings (SSSR count). The zero-order valence-corrected chi connectivity index (χ0v) is 39.9. The number of hydrogen-bond donors (Lipinski definition) is 6. The second-order valence-electron chi connectivity index (χ2n) is 13.7. The first-order valence-corrected chi connectivity index (χ1v) is 24.7. The average molecular weight is 1020 g/mol. The molecule has 1 aromatic carbocycles. The zero-order chi connectivity index (χ0) is 49.6. The molecule has 30 heteroatoms. The number of hydrogen-bond acceptors (Lipinski definition) is 17. The maximum absolute atomic E-state index is 14.3. The number of carboxylic acid groups (broad SMARTS) is 2. The van der Waals surface area contributed by atoms with Gasteiger partial charge in [-0.3, -0.25) is 24.9 Å². The first kappa shape index (κ1) is 55.9. The number of carbonyl (C=O) groups is 5. The number of nitrogens with zero attached hydrogens (tertiary/aromatic N) is 5. The Balaban J connectivity index is 0.000000348. The molecule has 2 aromatic heterocycles. The van der Waals surface area contributed by atoms with E-state index >= 15 is 0 Å². The van der Waals surface area contributed by atoms with Gasteiger partial charge in [0.25, 0.3) is 10.0 Å². The second-order valence-corrected chi connectivity index (χ2v) is 20.1. The van der Waals surface area contributed by atoms with E-state index in [1.807, 2.05) is 5.32 Å². The molecule has 4 amide bonds. The van der Waals surface area contributed by atoms with Crippen molar-refractivity contribution in [3.63, 3.8) is 0 Å². The molecule has 360 valence electrons. The van der Waals surface area contributed by atoms with Crippen molar-refractivity contribution in [2.75, 3.05) is 56.0 Å². The van der Waals surface area contributed by atoms with Crippen LogP contribution >= 0.6 is 30.8 Å². The Hall–Kier alpha value is -5.28. The number of halogens is 3. The summed E-state index contributed by atoms with van der Waals surface area (Å²) >= 11 is 11.7. The van der Waals surface area contributed by atoms with Gasteiger partial charge in [-0.2, -0.15) is 23.5 Å². The van der Waals surface area contributed by atoms with E-state index in [9.17, 15) is 46.2 Å². The molecule has 0 bridgehead atoms. The first-order valence-electron chi connectivity index (χ1n) is 18.2. The summed E-state index contributed by atoms with van der Waals surface area (Å²) in [4.78, 5) is 83.6. The van der Waals surface area contributed by atoms with Gasteiger partial charge in [0, 0.05) is 13.1 Å². The number of sulfonamides is 1. The zero-order valence-electron chi connectivity index (χ0n) is 35.8. The minimum Gasteiger partial charge on any atom is -0.778 e. The third-order valence-corrected chi connectivity index (χ3v) is 10.2. The minimum atomic E-state index is -4.64. The van der Waals surface area contributed by atoms with Crippen molar-refractivity contribution in [1.29, 1.82) is 0 Å². The number of carboxylic acids is 2. The Morgan fingerprint density at radius 1 is 1.05 bits per heavy atom. The molecule has 2 fully saturated rings. The normalized spacial score (nSPS) is 14.4. The molecule has 2 aliphatic rings. The van der Waals surface area contributed by atoms with Crippen molar-refractivity contribution in [2.45, 2.75) is 50.7 Å². The molecule has 24 nitrogen and oxygen atoms in total. The fourth-order valence-corrected chi connectivity index (χ4v) is 7.25. The predicted molar refractivity (Wildman–Crippen MR) is 232 cm³/mol. The van der Waals surface area contributed by atoms with Crippen LogP contribution in [0.25, 0.3) is 0 Å². The number of aliphatic carboxylic acids is 1. The number of aromatic nitrogens is 4. The summed E-state index contributed by atoms with van der Waals surface area (Å²) in [5, 5.41) is 23.4. The van der Waals surface area contributed by atoms with E-state index in [2.05, 4.69) is 39.2 Å². The van der Waals surface area contributed by atoms with Gasteiger partial charge in [-0.05, 0) is 62.1 Å². The van der Waals surface area contributed by atoms with Crippen LogP contribution in [-0.4, -0.2) is 125 Å². The number of aromatic carboxylic acids is 1. The Kier molecular flexibility index (Phi) is 21.4. The summed E-state index contributed by atoms with van der Waals surface area (Å²) in [6.07, 6.45) is 8.87. The van der Waals surface area contributed by atoms with Crippen LogP contribution in [0.1, 0.15) is 49.9 Å². The standard InChI is InChI=1S/C17H17ClFNO4.C12H13ClN6O7S.C3H8NO5P.C3H9S/c1-9(2)15-16(21)20(17(22)24-15)13-8-14(11(18)7-12(13)19)23-10-5-3-4-6-10;1-19-9(7(10(20)21)8(13)17-19)27(23,24)18-12(22)16-11-14-5(25-2)4-6(15-11)26-3;5-3(6)1-4-2-10(7,8)9;1-4(2)3/h7-8,10H,3-6H2,1-2H3;4H,1-3H3,(H,20,21)(H2,14,15,16,18,22);4H,1-2H2,(H,5,6)(H2,7,8,9);1-3H3/q;;;+1/p-1. The molecule has 1 aliphatic heterocycles. The van der Waals surface area contributed by atoms with E-state index < -0.39 is 82.0 Å². The maximum Gasteiger partial charge on any atom is 0.427 e. The number of benzene rings is 1. The quantitative estimate of drug-likeness (QED) is 0.0812. The number of rotatable bonds is 13. The number of allylic oxidation sites excluding steroid dienone is 1. The number of urea groups is 1. The molecule has 65 heavy (non-hydrogen) atoms. The monoisotopic (exact) mass is 1020 g/mol. The molecule has 0 spiro atoms. The van der Waals surface area contributed by atoms with Crippen LogP contribution in [0.2, 0.25) is 10.2 Å². The summed E-state index contributed by atoms with van der Waals surface area (Å²) in [5.41, 5.74) is -0.468. The molecule has 1 saturated carbocycles. The van der Waals surface area contributed by atoms with Crippen LogP contribution in [-0.2, 0) is 46.9 Å². The lowest BCUT2D eigenvalue weighted by atomic mass is 10.2. The highest BCUT2D eigenvalue weighted by atomic mass is 35.5. The van der Waals surface area contributed by atoms with Gasteiger partial charge >= 0.3 is 30.0 Å². The van der Waals surface area contributed by atoms with Crippen LogP contribution in [0, 0.1) is 5.82 Å². The van der Waals surface area contributed by atoms with E-state index in [1.165, 1.54) is 26.4 Å². The summed E-state index contributed by atoms with van der Waals surface area (Å²) in [6, 6.07) is 2.39. The number of imide groups is 1. The molecule has 1 atom stereocenters. The molecule has 3 aromatic rings. The lowest BCUT2D eigenvalue weighted by molar-refractivity contribution is -0.193. The van der Waals surface area contributed by atoms with Gasteiger partial charge in [-0.25, -0.2) is 28.4 Å². The van der Waals surface area contributed by atoms with Gasteiger partial charge in [-0.15, -0.1) is 0 Å². The van der Waals surface area contributed by atoms with Crippen LogP contribution in [0.4, 0.5) is 25.6 Å². The van der Waals surface area contributed by atoms with E-state index in [0.717, 1.165) is 38.8 Å². The summed E-state index contributed by atoms with van der Waals surface area (Å²) in [5.74, 6) is -4.35. The Bertz CT molecular complexity index is 2400. The SMILES string of the molecule is CC(C)=C1OC(=O)N(c2cc(OC3CCCC3)c(Cl)cc2F)C1=O.COc1cc(OC)nc(NC(=O)NS(=O)(=O)c2c(C(=O)O)c(Cl)nn2C)n1.C[S+](C)C.O=C(O)CNCP(=O)([O-])O. The topological polar surface area (TPSA) is 340 Å². The fourth-order valence-electron chi connectivity index (χ4n) is 5.09. The Morgan fingerprint density at radius 2 is 1.60 bits per heavy atom. The Morgan fingerprint density at radius 3 is 2.06 bits per heavy atom. The highest BCUT2D eigenvalue weighted by Gasteiger charge is 2.40. The van der Waals surface area contributed by atoms with Gasteiger partial charge in [0.15, 0.2) is 15.9 Å². The molecule has 0 radical (unpaired) electrons. The molecule has 1 saturated heterocycles. The second kappa shape index (κ2) is 24.9. The maximum atomic E-state index is 14.3. The smallest absolute Gasteiger partial charge is 0.427 e. The number of anilines is 2. The summed E-state index contributed by atoms with van der Waals surface area (Å²) in [7, 11) is -4.57. The molecule has 6 N–H and O–H groups in total. The number of aryl methyl sites for hydroxylation is 1. The highest BCUT2D eigenvalue weighted by molar-refractivity contribution is 7.94. The average Bonchev–Trinajstić information content (AvgIpc) is 3.88. The summed E-state index contributed by atoms with van der Waals surface area (Å²) < 4.78 is 71.9. The first-order chi connectivity index (χ1) is 30.1. The lowest BCUT2D eigenvalue weighted by Gasteiger charge is -2.18. The summed E-state index contributed by atoms with van der Waals surface area (Å²) in [6.45, 7) is 2.79. The minimum absolute atomic E-state index is 0.00962. The van der Waals surface area contributed by atoms with Crippen molar-refractivity contribution < 1.29 is 80.3 Å². The van der Waals surface area contributed by atoms with E-state index in [-0.39, 0.29) is 46.0 Å². The predicted octanol–water partition coefficient (Wildman–Crippen LogP) is 3.32. The van der Waals surface area contributed by atoms with E-state index in [0.29, 0.717) is 26.0 Å². The lowest BCUT2D eigenvalue weighted by Crippen LogP contribution is -2.36. The number of methoxy groups -OCH3 is 2. The van der Waals surface area contributed by atoms with Gasteiger partial charge in [-0.1, -0.05) is 23.2 Å². The number of cyclic esters (lactones) is 1. The van der Waals surface area contributed by atoms with Crippen molar-refractivity contribution in [3.8, 4) is 17.5 Å². The van der Waals surface area contributed by atoms with Crippen molar-refractivity contribution in [1.82, 2.24) is 29.8 Å². The van der Waals surface area contributed by atoms with Gasteiger partial charge in [0.05, 0.1) is 68.7 Å². The van der Waals surface area contributed by atoms with Gasteiger partial charge < -0.3 is 43.5 Å².